The first kappa shape index (κ1) is 15.2. The summed E-state index contributed by atoms with van der Waals surface area (Å²) >= 11 is 0. The Bertz CT molecular complexity index is 629. The molecule has 21 heavy (non-hydrogen) atoms. The van der Waals surface area contributed by atoms with Crippen LogP contribution in [0.5, 0.6) is 0 Å². The highest BCUT2D eigenvalue weighted by molar-refractivity contribution is 5.64. The number of nitrogens with one attached hydrogen (secondary N) is 1. The molecule has 2 rings (SSSR count). The van der Waals surface area contributed by atoms with Crippen LogP contribution in [0, 0.1) is 18.6 Å². The lowest BCUT2D eigenvalue weighted by Crippen LogP contribution is -2.16. The van der Waals surface area contributed by atoms with E-state index in [2.05, 4.69) is 10.3 Å². The number of pyridine rings is 1. The van der Waals surface area contributed by atoms with Gasteiger partial charge in [0.1, 0.15) is 0 Å². The molecule has 1 heterocycles. The Balaban J connectivity index is 2.41. The summed E-state index contributed by atoms with van der Waals surface area (Å²) in [5.41, 5.74) is 1.82. The molecule has 1 aromatic heterocycles. The van der Waals surface area contributed by atoms with Crippen molar-refractivity contribution in [2.75, 3.05) is 23.8 Å². The Kier molecular flexibility index (Phi) is 4.73. The quantitative estimate of drug-likeness (QED) is 0.892. The van der Waals surface area contributed by atoms with E-state index in [-0.39, 0.29) is 11.6 Å². The summed E-state index contributed by atoms with van der Waals surface area (Å²) < 4.78 is 27.8. The van der Waals surface area contributed by atoms with Crippen molar-refractivity contribution in [3.8, 4) is 0 Å². The van der Waals surface area contributed by atoms with Crippen LogP contribution in [0.1, 0.15) is 18.9 Å². The molecule has 5 heteroatoms. The van der Waals surface area contributed by atoms with Crippen LogP contribution < -0.4 is 10.2 Å². The smallest absolute Gasteiger partial charge is 0.171 e. The Morgan fingerprint density at radius 2 is 1.90 bits per heavy atom. The third kappa shape index (κ3) is 3.29. The van der Waals surface area contributed by atoms with Crippen molar-refractivity contribution in [3.05, 3.63) is 47.5 Å². The van der Waals surface area contributed by atoms with Crippen molar-refractivity contribution in [1.82, 2.24) is 4.98 Å². The van der Waals surface area contributed by atoms with E-state index >= 15 is 0 Å². The first-order valence-electron chi connectivity index (χ1n) is 6.93. The van der Waals surface area contributed by atoms with Crippen LogP contribution in [0.2, 0.25) is 0 Å². The summed E-state index contributed by atoms with van der Waals surface area (Å²) in [5.74, 6) is -1.18. The van der Waals surface area contributed by atoms with Gasteiger partial charge in [0, 0.05) is 25.3 Å². The maximum Gasteiger partial charge on any atom is 0.171 e. The summed E-state index contributed by atoms with van der Waals surface area (Å²) in [7, 11) is 1.72. The average molecular weight is 291 g/mol. The minimum atomic E-state index is -0.680. The number of halogens is 2. The average Bonchev–Trinajstić information content (AvgIpc) is 2.46. The van der Waals surface area contributed by atoms with Crippen LogP contribution in [-0.4, -0.2) is 18.6 Å². The van der Waals surface area contributed by atoms with E-state index in [0.29, 0.717) is 6.54 Å². The van der Waals surface area contributed by atoms with Gasteiger partial charge in [-0.3, -0.25) is 0 Å². The number of rotatable bonds is 5. The fourth-order valence-corrected chi connectivity index (χ4v) is 2.11. The van der Waals surface area contributed by atoms with Crippen LogP contribution in [0.3, 0.4) is 0 Å². The van der Waals surface area contributed by atoms with E-state index in [4.69, 9.17) is 0 Å². The summed E-state index contributed by atoms with van der Waals surface area (Å²) in [6, 6.07) is 8.46. The van der Waals surface area contributed by atoms with Crippen LogP contribution in [0.15, 0.2) is 30.3 Å². The molecule has 2 aromatic rings. The zero-order valence-corrected chi connectivity index (χ0v) is 12.5. The van der Waals surface area contributed by atoms with Gasteiger partial charge in [0.05, 0.1) is 0 Å². The minimum Gasteiger partial charge on any atom is -0.368 e. The van der Waals surface area contributed by atoms with E-state index < -0.39 is 11.6 Å². The monoisotopic (exact) mass is 291 g/mol. The van der Waals surface area contributed by atoms with Gasteiger partial charge in [0.15, 0.2) is 23.3 Å². The van der Waals surface area contributed by atoms with Crippen LogP contribution in [0.4, 0.5) is 26.1 Å². The van der Waals surface area contributed by atoms with Crippen LogP contribution >= 0.6 is 0 Å². The van der Waals surface area contributed by atoms with Crippen molar-refractivity contribution in [2.45, 2.75) is 20.3 Å². The van der Waals surface area contributed by atoms with E-state index in [1.807, 2.05) is 38.1 Å². The molecular weight excluding hydrogens is 272 g/mol. The third-order valence-corrected chi connectivity index (χ3v) is 3.25. The third-order valence-electron chi connectivity index (χ3n) is 3.25. The molecule has 0 spiro atoms. The predicted octanol–water partition coefficient (Wildman–Crippen LogP) is 4.26. The molecule has 0 radical (unpaired) electrons. The topological polar surface area (TPSA) is 28.2 Å². The lowest BCUT2D eigenvalue weighted by Gasteiger charge is -2.21. The number of benzene rings is 1. The predicted molar refractivity (Wildman–Crippen MR) is 82.2 cm³/mol. The summed E-state index contributed by atoms with van der Waals surface area (Å²) in [5, 5.41) is 2.87. The zero-order valence-electron chi connectivity index (χ0n) is 12.5. The second-order valence-corrected chi connectivity index (χ2v) is 4.90. The molecule has 0 saturated carbocycles. The highest BCUT2D eigenvalue weighted by Crippen LogP contribution is 2.29. The van der Waals surface area contributed by atoms with Gasteiger partial charge in [-0.15, -0.1) is 0 Å². The van der Waals surface area contributed by atoms with Gasteiger partial charge < -0.3 is 10.2 Å². The second kappa shape index (κ2) is 6.52. The normalized spacial score (nSPS) is 10.5. The van der Waals surface area contributed by atoms with Crippen molar-refractivity contribution >= 4 is 17.3 Å². The molecular formula is C16H19F2N3. The van der Waals surface area contributed by atoms with Crippen LogP contribution in [0.25, 0.3) is 0 Å². The van der Waals surface area contributed by atoms with Crippen molar-refractivity contribution in [1.29, 1.82) is 0 Å². The first-order valence-corrected chi connectivity index (χ1v) is 6.93. The Morgan fingerprint density at radius 1 is 1.19 bits per heavy atom. The highest BCUT2D eigenvalue weighted by Gasteiger charge is 2.17. The van der Waals surface area contributed by atoms with Gasteiger partial charge in [-0.1, -0.05) is 25.1 Å². The first-order chi connectivity index (χ1) is 10.0. The second-order valence-electron chi connectivity index (χ2n) is 4.90. The number of anilines is 3. The molecule has 0 saturated heterocycles. The fraction of sp³-hybridized carbons (Fsp3) is 0.312. The summed E-state index contributed by atoms with van der Waals surface area (Å²) in [6.45, 7) is 4.49. The van der Waals surface area contributed by atoms with E-state index in [1.165, 1.54) is 0 Å². The lowest BCUT2D eigenvalue weighted by molar-refractivity contribution is 0.576. The number of para-hydroxylation sites is 1. The maximum atomic E-state index is 14.0. The summed E-state index contributed by atoms with van der Waals surface area (Å²) in [6.07, 6.45) is 0.835. The lowest BCUT2D eigenvalue weighted by atomic mass is 10.2. The molecule has 0 amide bonds. The Hall–Kier alpha value is -2.17. The molecule has 0 aliphatic rings. The number of aryl methyl sites for hydroxylation is 1. The maximum absolute atomic E-state index is 14.0. The van der Waals surface area contributed by atoms with Gasteiger partial charge in [-0.2, -0.15) is 0 Å². The molecule has 0 aliphatic carbocycles. The standard InChI is InChI=1S/C16H19F2N3/c1-4-9-19-15-12(17)10-13(18)16(20-15)21(3)14-8-6-5-7-11(14)2/h5-8,10H,4,9H2,1-3H3,(H,19,20). The fourth-order valence-electron chi connectivity index (χ4n) is 2.11. The van der Waals surface area contributed by atoms with E-state index in [9.17, 15) is 8.78 Å². The molecule has 3 nitrogen and oxygen atoms in total. The van der Waals surface area contributed by atoms with E-state index in [1.54, 1.807) is 11.9 Å². The number of aromatic nitrogens is 1. The summed E-state index contributed by atoms with van der Waals surface area (Å²) in [4.78, 5) is 5.72. The van der Waals surface area contributed by atoms with Crippen molar-refractivity contribution in [3.63, 3.8) is 0 Å². The van der Waals surface area contributed by atoms with Crippen LogP contribution in [-0.2, 0) is 0 Å². The highest BCUT2D eigenvalue weighted by atomic mass is 19.1. The van der Waals surface area contributed by atoms with Gasteiger partial charge in [-0.25, -0.2) is 13.8 Å². The largest absolute Gasteiger partial charge is 0.368 e. The van der Waals surface area contributed by atoms with Crippen molar-refractivity contribution < 1.29 is 8.78 Å². The Morgan fingerprint density at radius 3 is 2.57 bits per heavy atom. The molecule has 0 atom stereocenters. The minimum absolute atomic E-state index is 0.0775. The number of nitrogens with zero attached hydrogens (tertiary/aromatic N) is 2. The van der Waals surface area contributed by atoms with Crippen molar-refractivity contribution in [2.24, 2.45) is 0 Å². The molecule has 1 N–H and O–H groups in total. The van der Waals surface area contributed by atoms with E-state index in [0.717, 1.165) is 23.7 Å². The van der Waals surface area contributed by atoms with Gasteiger partial charge in [0.25, 0.3) is 0 Å². The SMILES string of the molecule is CCCNc1nc(N(C)c2ccccc2C)c(F)cc1F. The number of hydrogen-bond donors (Lipinski definition) is 1. The molecule has 1 aromatic carbocycles. The molecule has 0 fully saturated rings. The zero-order chi connectivity index (χ0) is 15.4. The molecule has 0 bridgehead atoms. The van der Waals surface area contributed by atoms with Gasteiger partial charge in [-0.05, 0) is 25.0 Å². The molecule has 112 valence electrons. The molecule has 0 aliphatic heterocycles. The molecule has 0 unspecified atom stereocenters. The number of hydrogen-bond acceptors (Lipinski definition) is 3. The van der Waals surface area contributed by atoms with Gasteiger partial charge >= 0.3 is 0 Å². The van der Waals surface area contributed by atoms with Gasteiger partial charge in [0.2, 0.25) is 0 Å². The Labute approximate surface area is 123 Å².